The molecular formula is C19H27NO4S. The van der Waals surface area contributed by atoms with Gasteiger partial charge in [0.1, 0.15) is 0 Å². The highest BCUT2D eigenvalue weighted by atomic mass is 32.2. The van der Waals surface area contributed by atoms with Crippen molar-refractivity contribution in [2.75, 3.05) is 19.4 Å². The summed E-state index contributed by atoms with van der Waals surface area (Å²) in [5, 5.41) is 0. The van der Waals surface area contributed by atoms with E-state index in [1.807, 2.05) is 25.1 Å². The normalized spacial score (nSPS) is 23.8. The summed E-state index contributed by atoms with van der Waals surface area (Å²) >= 11 is 0. The smallest absolute Gasteiger partial charge is 0.264 e. The molecule has 1 aliphatic rings. The zero-order valence-electron chi connectivity index (χ0n) is 15.0. The Kier molecular flexibility index (Phi) is 6.41. The maximum absolute atomic E-state index is 12.9. The standard InChI is InChI=1S/C19H27NO4S/c1-4-12-19(2)14-17(15-24-25(3,22)23)20(18(19)21)13-8-11-16-9-6-5-7-10-16/h4-7,9-10,17H,1,8,11-15H2,2-3H3/t17-,19+/m0/s1. The lowest BCUT2D eigenvalue weighted by Crippen LogP contribution is -2.39. The van der Waals surface area contributed by atoms with Gasteiger partial charge in [0.25, 0.3) is 10.1 Å². The predicted molar refractivity (Wildman–Crippen MR) is 98.6 cm³/mol. The minimum Gasteiger partial charge on any atom is -0.337 e. The van der Waals surface area contributed by atoms with Gasteiger partial charge in [-0.15, -0.1) is 6.58 Å². The zero-order chi connectivity index (χ0) is 18.5. The Bertz CT molecular complexity index is 701. The number of benzene rings is 1. The summed E-state index contributed by atoms with van der Waals surface area (Å²) in [5.74, 6) is 0.0579. The number of allylic oxidation sites excluding steroid dienone is 1. The molecule has 1 aromatic rings. The van der Waals surface area contributed by atoms with Crippen molar-refractivity contribution >= 4 is 16.0 Å². The fourth-order valence-corrected chi connectivity index (χ4v) is 3.86. The van der Waals surface area contributed by atoms with Gasteiger partial charge in [0.05, 0.1) is 24.3 Å². The van der Waals surface area contributed by atoms with E-state index in [0.717, 1.165) is 19.1 Å². The number of carbonyl (C=O) groups excluding carboxylic acids is 1. The van der Waals surface area contributed by atoms with Gasteiger partial charge in [-0.05, 0) is 31.2 Å². The number of hydrogen-bond acceptors (Lipinski definition) is 4. The Balaban J connectivity index is 2.03. The van der Waals surface area contributed by atoms with Gasteiger partial charge in [0.2, 0.25) is 5.91 Å². The molecule has 25 heavy (non-hydrogen) atoms. The lowest BCUT2D eigenvalue weighted by Gasteiger charge is -2.25. The van der Waals surface area contributed by atoms with Crippen LogP contribution in [-0.4, -0.2) is 44.7 Å². The van der Waals surface area contributed by atoms with Gasteiger partial charge in [-0.25, -0.2) is 0 Å². The van der Waals surface area contributed by atoms with Crippen LogP contribution in [0.1, 0.15) is 31.7 Å². The molecule has 0 unspecified atom stereocenters. The lowest BCUT2D eigenvalue weighted by molar-refractivity contribution is -0.136. The molecule has 1 aliphatic heterocycles. The molecule has 2 atom stereocenters. The van der Waals surface area contributed by atoms with Crippen LogP contribution in [0.3, 0.4) is 0 Å². The molecule has 0 aliphatic carbocycles. The Morgan fingerprint density at radius 2 is 2.04 bits per heavy atom. The first-order valence-electron chi connectivity index (χ1n) is 8.55. The Labute approximate surface area is 150 Å². The molecule has 1 amide bonds. The molecule has 5 nitrogen and oxygen atoms in total. The summed E-state index contributed by atoms with van der Waals surface area (Å²) in [7, 11) is -3.52. The van der Waals surface area contributed by atoms with Gasteiger partial charge < -0.3 is 4.90 Å². The van der Waals surface area contributed by atoms with Crippen LogP contribution in [0.5, 0.6) is 0 Å². The van der Waals surface area contributed by atoms with Gasteiger partial charge in [0.15, 0.2) is 0 Å². The molecule has 138 valence electrons. The second-order valence-corrected chi connectivity index (χ2v) is 8.63. The number of likely N-dealkylation sites (tertiary alicyclic amines) is 1. The highest BCUT2D eigenvalue weighted by Gasteiger charge is 2.47. The molecule has 0 spiro atoms. The van der Waals surface area contributed by atoms with Crippen molar-refractivity contribution in [1.82, 2.24) is 4.90 Å². The van der Waals surface area contributed by atoms with E-state index in [0.29, 0.717) is 19.4 Å². The third-order valence-electron chi connectivity index (χ3n) is 4.68. The van der Waals surface area contributed by atoms with Gasteiger partial charge in [0, 0.05) is 6.54 Å². The number of carbonyl (C=O) groups is 1. The van der Waals surface area contributed by atoms with E-state index < -0.39 is 15.5 Å². The minimum absolute atomic E-state index is 0.0165. The molecular weight excluding hydrogens is 338 g/mol. The van der Waals surface area contributed by atoms with E-state index in [9.17, 15) is 13.2 Å². The van der Waals surface area contributed by atoms with E-state index in [2.05, 4.69) is 18.7 Å². The molecule has 1 heterocycles. The number of hydrogen-bond donors (Lipinski definition) is 0. The zero-order valence-corrected chi connectivity index (χ0v) is 15.8. The van der Waals surface area contributed by atoms with Crippen LogP contribution in [0.2, 0.25) is 0 Å². The number of nitrogens with zero attached hydrogens (tertiary/aromatic N) is 1. The van der Waals surface area contributed by atoms with Crippen LogP contribution in [0.15, 0.2) is 43.0 Å². The van der Waals surface area contributed by atoms with E-state index in [4.69, 9.17) is 4.18 Å². The molecule has 1 saturated heterocycles. The Hall–Kier alpha value is -1.66. The topological polar surface area (TPSA) is 63.7 Å². The highest BCUT2D eigenvalue weighted by Crippen LogP contribution is 2.39. The highest BCUT2D eigenvalue weighted by molar-refractivity contribution is 7.85. The maximum atomic E-state index is 12.9. The fraction of sp³-hybridized carbons (Fsp3) is 0.526. The number of amides is 1. The Morgan fingerprint density at radius 1 is 1.36 bits per heavy atom. The van der Waals surface area contributed by atoms with Crippen LogP contribution in [0, 0.1) is 5.41 Å². The minimum atomic E-state index is -3.52. The number of aryl methyl sites for hydroxylation is 1. The third kappa shape index (κ3) is 5.41. The first kappa shape index (κ1) is 19.7. The second kappa shape index (κ2) is 8.15. The third-order valence-corrected chi connectivity index (χ3v) is 5.24. The monoisotopic (exact) mass is 365 g/mol. The second-order valence-electron chi connectivity index (χ2n) is 6.99. The van der Waals surface area contributed by atoms with E-state index in [-0.39, 0.29) is 18.6 Å². The summed E-state index contributed by atoms with van der Waals surface area (Å²) in [4.78, 5) is 14.7. The van der Waals surface area contributed by atoms with Gasteiger partial charge in [-0.3, -0.25) is 8.98 Å². The summed E-state index contributed by atoms with van der Waals surface area (Å²) in [6, 6.07) is 9.89. The summed E-state index contributed by atoms with van der Waals surface area (Å²) in [6.45, 7) is 6.27. The predicted octanol–water partition coefficient (Wildman–Crippen LogP) is 2.78. The molecule has 0 saturated carbocycles. The lowest BCUT2D eigenvalue weighted by atomic mass is 9.84. The first-order chi connectivity index (χ1) is 11.7. The molecule has 0 N–H and O–H groups in total. The SMILES string of the molecule is C=CC[C@]1(C)C[C@@H](COS(C)(=O)=O)N(CCCc2ccccc2)C1=O. The molecule has 1 fully saturated rings. The van der Waals surface area contributed by atoms with Crippen LogP contribution in [-0.2, 0) is 25.5 Å². The Morgan fingerprint density at radius 3 is 2.64 bits per heavy atom. The van der Waals surface area contributed by atoms with E-state index in [1.165, 1.54) is 5.56 Å². The van der Waals surface area contributed by atoms with Crippen molar-refractivity contribution < 1.29 is 17.4 Å². The summed E-state index contributed by atoms with van der Waals surface area (Å²) in [5.41, 5.74) is 0.701. The van der Waals surface area contributed by atoms with Gasteiger partial charge in [-0.1, -0.05) is 43.3 Å². The van der Waals surface area contributed by atoms with Crippen molar-refractivity contribution in [3.05, 3.63) is 48.6 Å². The molecule has 0 bridgehead atoms. The van der Waals surface area contributed by atoms with Crippen LogP contribution >= 0.6 is 0 Å². The average molecular weight is 365 g/mol. The molecule has 1 aromatic carbocycles. The molecule has 0 aromatic heterocycles. The average Bonchev–Trinajstić information content (AvgIpc) is 2.78. The van der Waals surface area contributed by atoms with Crippen molar-refractivity contribution in [1.29, 1.82) is 0 Å². The fourth-order valence-electron chi connectivity index (χ4n) is 3.45. The van der Waals surface area contributed by atoms with Crippen molar-refractivity contribution in [2.24, 2.45) is 5.41 Å². The molecule has 2 rings (SSSR count). The summed E-state index contributed by atoms with van der Waals surface area (Å²) in [6.07, 6.45) is 5.65. The molecule has 6 heteroatoms. The number of rotatable bonds is 9. The maximum Gasteiger partial charge on any atom is 0.264 e. The van der Waals surface area contributed by atoms with Crippen LogP contribution in [0.4, 0.5) is 0 Å². The molecule has 0 radical (unpaired) electrons. The van der Waals surface area contributed by atoms with Crippen molar-refractivity contribution in [2.45, 2.75) is 38.6 Å². The van der Waals surface area contributed by atoms with Crippen LogP contribution < -0.4 is 0 Å². The van der Waals surface area contributed by atoms with Gasteiger partial charge in [-0.2, -0.15) is 8.42 Å². The first-order valence-corrected chi connectivity index (χ1v) is 10.4. The largest absolute Gasteiger partial charge is 0.337 e. The quantitative estimate of drug-likeness (QED) is 0.499. The van der Waals surface area contributed by atoms with E-state index in [1.54, 1.807) is 11.0 Å². The van der Waals surface area contributed by atoms with Crippen molar-refractivity contribution in [3.8, 4) is 0 Å². The van der Waals surface area contributed by atoms with Crippen LogP contribution in [0.25, 0.3) is 0 Å². The van der Waals surface area contributed by atoms with Gasteiger partial charge >= 0.3 is 0 Å². The van der Waals surface area contributed by atoms with E-state index >= 15 is 0 Å². The summed E-state index contributed by atoms with van der Waals surface area (Å²) < 4.78 is 27.6. The van der Waals surface area contributed by atoms with Crippen molar-refractivity contribution in [3.63, 3.8) is 0 Å².